The van der Waals surface area contributed by atoms with Crippen LogP contribution >= 0.6 is 0 Å². The van der Waals surface area contributed by atoms with Gasteiger partial charge >= 0.3 is 0 Å². The quantitative estimate of drug-likeness (QED) is 0.623. The van der Waals surface area contributed by atoms with Gasteiger partial charge < -0.3 is 4.74 Å². The van der Waals surface area contributed by atoms with E-state index >= 15 is 0 Å². The van der Waals surface area contributed by atoms with Crippen molar-refractivity contribution in [3.63, 3.8) is 0 Å². The summed E-state index contributed by atoms with van der Waals surface area (Å²) in [5.74, 6) is 6.25. The van der Waals surface area contributed by atoms with Crippen molar-refractivity contribution in [2.24, 2.45) is 11.8 Å². The van der Waals surface area contributed by atoms with E-state index in [1.165, 1.54) is 19.3 Å². The fraction of sp³-hybridized carbons (Fsp3) is 0.692. The molecule has 3 N–H and O–H groups in total. The lowest BCUT2D eigenvalue weighted by Crippen LogP contribution is -2.48. The van der Waals surface area contributed by atoms with Crippen LogP contribution in [-0.4, -0.2) is 22.2 Å². The molecule has 5 heteroatoms. The van der Waals surface area contributed by atoms with Gasteiger partial charge in [0.2, 0.25) is 0 Å². The van der Waals surface area contributed by atoms with E-state index in [2.05, 4.69) is 15.4 Å². The summed E-state index contributed by atoms with van der Waals surface area (Å²) in [6.07, 6.45) is 11.1. The number of hydrazine groups is 1. The number of nitrogens with two attached hydrogens (primary N) is 1. The predicted molar refractivity (Wildman–Crippen MR) is 67.4 cm³/mol. The average Bonchev–Trinajstić information content (AvgIpc) is 2.39. The second kappa shape index (κ2) is 4.91. The van der Waals surface area contributed by atoms with E-state index in [0.717, 1.165) is 25.0 Å². The Balaban J connectivity index is 1.75. The van der Waals surface area contributed by atoms with Crippen LogP contribution in [0, 0.1) is 5.92 Å². The largest absolute Gasteiger partial charge is 0.375 e. The molecule has 5 nitrogen and oxygen atoms in total. The van der Waals surface area contributed by atoms with Crippen LogP contribution in [0.4, 0.5) is 0 Å². The molecule has 1 aliphatic heterocycles. The van der Waals surface area contributed by atoms with Crippen molar-refractivity contribution >= 4 is 0 Å². The summed E-state index contributed by atoms with van der Waals surface area (Å²) in [7, 11) is 0. The molecule has 0 bridgehead atoms. The van der Waals surface area contributed by atoms with Crippen molar-refractivity contribution in [1.82, 2.24) is 15.4 Å². The van der Waals surface area contributed by atoms with Crippen LogP contribution in [0.15, 0.2) is 18.7 Å². The predicted octanol–water partition coefficient (Wildman–Crippen LogP) is 1.33. The standard InChI is InChI=1S/C13H20N4O/c14-17-12(11-7-15-9-16-8-11)10-2-5-18-13(6-10)3-1-4-13/h7-10,12,17H,1-6,14H2. The molecule has 18 heavy (non-hydrogen) atoms. The third-order valence-electron chi connectivity index (χ3n) is 4.39. The summed E-state index contributed by atoms with van der Waals surface area (Å²) in [5.41, 5.74) is 4.16. The first-order chi connectivity index (χ1) is 8.83. The zero-order chi connectivity index (χ0) is 12.4. The minimum absolute atomic E-state index is 0.132. The van der Waals surface area contributed by atoms with Gasteiger partial charge in [-0.15, -0.1) is 0 Å². The van der Waals surface area contributed by atoms with Crippen LogP contribution in [0.2, 0.25) is 0 Å². The molecular formula is C13H20N4O. The van der Waals surface area contributed by atoms with Crippen molar-refractivity contribution < 1.29 is 4.74 Å². The number of ether oxygens (including phenoxy) is 1. The van der Waals surface area contributed by atoms with E-state index in [0.29, 0.717) is 5.92 Å². The Morgan fingerprint density at radius 2 is 2.17 bits per heavy atom. The molecule has 3 rings (SSSR count). The van der Waals surface area contributed by atoms with Crippen LogP contribution in [-0.2, 0) is 4.74 Å². The summed E-state index contributed by atoms with van der Waals surface area (Å²) < 4.78 is 5.96. The van der Waals surface area contributed by atoms with Gasteiger partial charge in [0.05, 0.1) is 11.6 Å². The van der Waals surface area contributed by atoms with Gasteiger partial charge in [-0.2, -0.15) is 0 Å². The highest BCUT2D eigenvalue weighted by Crippen LogP contribution is 2.46. The number of aromatic nitrogens is 2. The molecule has 1 aliphatic carbocycles. The molecule has 1 saturated heterocycles. The first-order valence-electron chi connectivity index (χ1n) is 6.68. The molecule has 2 unspecified atom stereocenters. The Kier molecular flexibility index (Phi) is 3.28. The van der Waals surface area contributed by atoms with Crippen molar-refractivity contribution in [3.05, 3.63) is 24.3 Å². The number of rotatable bonds is 3. The van der Waals surface area contributed by atoms with E-state index in [1.54, 1.807) is 6.33 Å². The number of nitrogens with one attached hydrogen (secondary N) is 1. The lowest BCUT2D eigenvalue weighted by molar-refractivity contribution is -0.147. The fourth-order valence-corrected chi connectivity index (χ4v) is 3.25. The Labute approximate surface area is 107 Å². The fourth-order valence-electron chi connectivity index (χ4n) is 3.25. The van der Waals surface area contributed by atoms with Gasteiger partial charge in [0.15, 0.2) is 0 Å². The molecule has 2 atom stereocenters. The van der Waals surface area contributed by atoms with Gasteiger partial charge in [-0.1, -0.05) is 0 Å². The summed E-state index contributed by atoms with van der Waals surface area (Å²) in [4.78, 5) is 8.16. The molecule has 0 aromatic carbocycles. The molecule has 98 valence electrons. The van der Waals surface area contributed by atoms with Gasteiger partial charge in [0.25, 0.3) is 0 Å². The Morgan fingerprint density at radius 3 is 2.78 bits per heavy atom. The minimum atomic E-state index is 0.132. The normalized spacial score (nSPS) is 27.7. The molecule has 1 aromatic rings. The summed E-state index contributed by atoms with van der Waals surface area (Å²) in [6.45, 7) is 0.844. The topological polar surface area (TPSA) is 73.1 Å². The van der Waals surface area contributed by atoms with Gasteiger partial charge in [-0.25, -0.2) is 9.97 Å². The van der Waals surface area contributed by atoms with E-state index in [9.17, 15) is 0 Å². The zero-order valence-corrected chi connectivity index (χ0v) is 10.5. The Hall–Kier alpha value is -1.04. The molecule has 1 saturated carbocycles. The summed E-state index contributed by atoms with van der Waals surface area (Å²) in [5, 5.41) is 0. The first kappa shape index (κ1) is 12.0. The maximum Gasteiger partial charge on any atom is 0.115 e. The maximum absolute atomic E-state index is 5.96. The average molecular weight is 248 g/mol. The third kappa shape index (κ3) is 2.13. The van der Waals surface area contributed by atoms with Gasteiger partial charge in [-0.05, 0) is 38.0 Å². The number of hydrogen-bond acceptors (Lipinski definition) is 5. The Bertz CT molecular complexity index is 393. The van der Waals surface area contributed by atoms with E-state index in [1.807, 2.05) is 12.4 Å². The van der Waals surface area contributed by atoms with Crippen molar-refractivity contribution in [1.29, 1.82) is 0 Å². The summed E-state index contributed by atoms with van der Waals surface area (Å²) in [6, 6.07) is 0.132. The second-order valence-corrected chi connectivity index (χ2v) is 5.45. The highest BCUT2D eigenvalue weighted by Gasteiger charge is 2.44. The lowest BCUT2D eigenvalue weighted by Gasteiger charge is -2.48. The van der Waals surface area contributed by atoms with Crippen LogP contribution in [0.3, 0.4) is 0 Å². The van der Waals surface area contributed by atoms with Crippen LogP contribution in [0.25, 0.3) is 0 Å². The molecule has 0 amide bonds. The van der Waals surface area contributed by atoms with Crippen LogP contribution < -0.4 is 11.3 Å². The molecule has 2 aliphatic rings. The Morgan fingerprint density at radius 1 is 1.39 bits per heavy atom. The summed E-state index contributed by atoms with van der Waals surface area (Å²) >= 11 is 0. The highest BCUT2D eigenvalue weighted by atomic mass is 16.5. The van der Waals surface area contributed by atoms with Crippen LogP contribution in [0.5, 0.6) is 0 Å². The van der Waals surface area contributed by atoms with Crippen molar-refractivity contribution in [3.8, 4) is 0 Å². The van der Waals surface area contributed by atoms with E-state index in [4.69, 9.17) is 10.6 Å². The maximum atomic E-state index is 5.96. The molecular weight excluding hydrogens is 228 g/mol. The van der Waals surface area contributed by atoms with E-state index < -0.39 is 0 Å². The third-order valence-corrected chi connectivity index (χ3v) is 4.39. The van der Waals surface area contributed by atoms with E-state index in [-0.39, 0.29) is 11.6 Å². The molecule has 1 aromatic heterocycles. The lowest BCUT2D eigenvalue weighted by atomic mass is 9.70. The van der Waals surface area contributed by atoms with Gasteiger partial charge in [-0.3, -0.25) is 11.3 Å². The monoisotopic (exact) mass is 248 g/mol. The second-order valence-electron chi connectivity index (χ2n) is 5.45. The van der Waals surface area contributed by atoms with Crippen molar-refractivity contribution in [2.45, 2.75) is 43.7 Å². The molecule has 2 heterocycles. The number of hydrogen-bond donors (Lipinski definition) is 2. The SMILES string of the molecule is NNC(c1cncnc1)C1CCOC2(CCC2)C1. The van der Waals surface area contributed by atoms with Gasteiger partial charge in [0.1, 0.15) is 6.33 Å². The first-order valence-corrected chi connectivity index (χ1v) is 6.68. The molecule has 0 radical (unpaired) electrons. The van der Waals surface area contributed by atoms with Crippen molar-refractivity contribution in [2.75, 3.05) is 6.61 Å². The molecule has 1 spiro atoms. The van der Waals surface area contributed by atoms with Gasteiger partial charge in [0, 0.05) is 24.6 Å². The molecule has 2 fully saturated rings. The number of nitrogens with zero attached hydrogens (tertiary/aromatic N) is 2. The minimum Gasteiger partial charge on any atom is -0.375 e. The highest BCUT2D eigenvalue weighted by molar-refractivity contribution is 5.12. The zero-order valence-electron chi connectivity index (χ0n) is 10.5. The smallest absolute Gasteiger partial charge is 0.115 e. The van der Waals surface area contributed by atoms with Crippen LogP contribution in [0.1, 0.15) is 43.7 Å².